The van der Waals surface area contributed by atoms with Gasteiger partial charge in [-0.25, -0.2) is 4.98 Å². The van der Waals surface area contributed by atoms with E-state index in [1.165, 1.54) is 41.2 Å². The molecule has 2 bridgehead atoms. The van der Waals surface area contributed by atoms with Crippen molar-refractivity contribution in [1.29, 1.82) is 0 Å². The van der Waals surface area contributed by atoms with E-state index in [0.717, 1.165) is 11.3 Å². The average molecular weight is 649 g/mol. The summed E-state index contributed by atoms with van der Waals surface area (Å²) in [4.78, 5) is 36.0. The third-order valence-electron chi connectivity index (χ3n) is 7.98. The van der Waals surface area contributed by atoms with Crippen LogP contribution in [0.1, 0.15) is 37.9 Å². The number of aryl methyl sites for hydroxylation is 1. The van der Waals surface area contributed by atoms with Crippen LogP contribution in [0.4, 0.5) is 18.9 Å². The maximum absolute atomic E-state index is 13.8. The first-order valence-corrected chi connectivity index (χ1v) is 14.9. The number of hydrogen-bond donors (Lipinski definition) is 1. The third kappa shape index (κ3) is 6.52. The van der Waals surface area contributed by atoms with E-state index in [9.17, 15) is 22.8 Å². The number of halogens is 4. The number of ether oxygens (including phenoxy) is 1. The Kier molecular flexibility index (Phi) is 8.39. The fourth-order valence-corrected chi connectivity index (χ4v) is 5.86. The number of hydrogen-bond acceptors (Lipinski definition) is 6. The molecular formula is C33H28ClF3N6O3. The number of fused-ring (bicyclic) bond motifs is 4. The maximum Gasteiger partial charge on any atom is 0.573 e. The number of anilines is 1. The molecule has 0 saturated carbocycles. The molecule has 0 saturated heterocycles. The lowest BCUT2D eigenvalue weighted by Gasteiger charge is -2.22. The zero-order valence-electron chi connectivity index (χ0n) is 24.8. The van der Waals surface area contributed by atoms with E-state index in [2.05, 4.69) is 25.1 Å². The van der Waals surface area contributed by atoms with Crippen molar-refractivity contribution in [2.75, 3.05) is 5.32 Å². The normalized spacial score (nSPS) is 17.0. The Hall–Kier alpha value is -4.97. The van der Waals surface area contributed by atoms with Crippen LogP contribution in [0.15, 0.2) is 84.2 Å². The second-order valence-electron chi connectivity index (χ2n) is 11.1. The molecule has 6 rings (SSSR count). The molecule has 0 fully saturated rings. The molecular weight excluding hydrogens is 621 g/mol. The Morgan fingerprint density at radius 1 is 0.957 bits per heavy atom. The summed E-state index contributed by atoms with van der Waals surface area (Å²) < 4.78 is 45.2. The smallest absolute Gasteiger partial charge is 0.406 e. The number of carbonyl (C=O) groups excluding carboxylic acids is 1. The first-order valence-electron chi connectivity index (χ1n) is 14.5. The number of amides is 1. The Labute approximate surface area is 266 Å². The molecule has 1 aliphatic heterocycles. The van der Waals surface area contributed by atoms with Crippen LogP contribution in [0.5, 0.6) is 5.75 Å². The standard InChI is InChI=1S/C33H28ClF3N6O3/c1-19-4-3-5-29(27-14-21(12-13-38-27)31-28(41-32(19)45)17-40-42(31)2)43-18-39-26(16-30(43)44)25-15-22(34)8-11-24(25)20-6-9-23(10-7-20)46-33(35,36)37/h6-19,29H,3-5H2,1-2H3,(H,41,45)/t19-,29+/m1/s1. The van der Waals surface area contributed by atoms with Crippen molar-refractivity contribution in [2.45, 2.75) is 38.6 Å². The predicted molar refractivity (Wildman–Crippen MR) is 167 cm³/mol. The molecule has 0 unspecified atom stereocenters. The maximum atomic E-state index is 13.8. The highest BCUT2D eigenvalue weighted by Gasteiger charge is 2.31. The number of alkyl halides is 3. The Morgan fingerprint density at radius 3 is 2.48 bits per heavy atom. The monoisotopic (exact) mass is 648 g/mol. The summed E-state index contributed by atoms with van der Waals surface area (Å²) >= 11 is 6.33. The number of nitrogens with zero attached hydrogens (tertiary/aromatic N) is 5. The third-order valence-corrected chi connectivity index (χ3v) is 8.22. The van der Waals surface area contributed by atoms with Gasteiger partial charge in [0.2, 0.25) is 5.91 Å². The van der Waals surface area contributed by atoms with E-state index < -0.39 is 12.4 Å². The van der Waals surface area contributed by atoms with Gasteiger partial charge >= 0.3 is 6.36 Å². The van der Waals surface area contributed by atoms with Gasteiger partial charge in [0.1, 0.15) is 5.75 Å². The zero-order valence-corrected chi connectivity index (χ0v) is 25.5. The SMILES string of the molecule is C[C@@H]1CCC[C@H](n2cnc(-c3cc(Cl)ccc3-c3ccc(OC(F)(F)F)cc3)cc2=O)c2cc(ccn2)-c2c(cnn2C)NC1=O. The molecule has 236 valence electrons. The number of carbonyl (C=O) groups is 1. The lowest BCUT2D eigenvalue weighted by molar-refractivity contribution is -0.274. The number of benzene rings is 2. The van der Waals surface area contributed by atoms with E-state index in [1.807, 2.05) is 19.1 Å². The van der Waals surface area contributed by atoms with Crippen LogP contribution in [-0.2, 0) is 11.8 Å². The van der Waals surface area contributed by atoms with E-state index in [1.54, 1.807) is 42.3 Å². The highest BCUT2D eigenvalue weighted by molar-refractivity contribution is 6.31. The van der Waals surface area contributed by atoms with Crippen LogP contribution in [0.3, 0.4) is 0 Å². The van der Waals surface area contributed by atoms with Crippen molar-refractivity contribution in [2.24, 2.45) is 13.0 Å². The van der Waals surface area contributed by atoms with Gasteiger partial charge in [-0.3, -0.25) is 23.8 Å². The summed E-state index contributed by atoms with van der Waals surface area (Å²) in [5.41, 5.74) is 4.50. The second-order valence-corrected chi connectivity index (χ2v) is 11.6. The molecule has 1 aliphatic rings. The second kappa shape index (κ2) is 12.4. The van der Waals surface area contributed by atoms with Gasteiger partial charge in [0.05, 0.1) is 41.3 Å². The van der Waals surface area contributed by atoms with Crippen molar-refractivity contribution in [1.82, 2.24) is 24.3 Å². The molecule has 1 N–H and O–H groups in total. The topological polar surface area (TPSA) is 104 Å². The number of pyridine rings is 1. The highest BCUT2D eigenvalue weighted by Crippen LogP contribution is 2.36. The zero-order chi connectivity index (χ0) is 32.6. The minimum absolute atomic E-state index is 0.108. The minimum Gasteiger partial charge on any atom is -0.406 e. The fourth-order valence-electron chi connectivity index (χ4n) is 5.69. The van der Waals surface area contributed by atoms with E-state index >= 15 is 0 Å². The summed E-state index contributed by atoms with van der Waals surface area (Å²) in [7, 11) is 1.79. The molecule has 1 amide bonds. The van der Waals surface area contributed by atoms with Gasteiger partial charge in [-0.05, 0) is 60.4 Å². The number of rotatable bonds is 4. The lowest BCUT2D eigenvalue weighted by atomic mass is 9.96. The van der Waals surface area contributed by atoms with E-state index in [4.69, 9.17) is 11.6 Å². The molecule has 13 heteroatoms. The summed E-state index contributed by atoms with van der Waals surface area (Å²) in [5, 5.41) is 7.73. The van der Waals surface area contributed by atoms with Crippen molar-refractivity contribution in [3.05, 3.63) is 100 Å². The first-order chi connectivity index (χ1) is 22.0. The Morgan fingerprint density at radius 2 is 1.74 bits per heavy atom. The summed E-state index contributed by atoms with van der Waals surface area (Å²) in [6.45, 7) is 1.87. The van der Waals surface area contributed by atoms with Crippen LogP contribution in [-0.4, -0.2) is 36.6 Å². The molecule has 5 aromatic rings. The molecule has 3 aromatic heterocycles. The summed E-state index contributed by atoms with van der Waals surface area (Å²) in [5.74, 6) is -0.729. The van der Waals surface area contributed by atoms with Crippen molar-refractivity contribution in [3.63, 3.8) is 0 Å². The van der Waals surface area contributed by atoms with E-state index in [-0.39, 0.29) is 23.1 Å². The Bertz CT molecular complexity index is 1970. The van der Waals surface area contributed by atoms with Gasteiger partial charge in [-0.1, -0.05) is 43.1 Å². The molecule has 46 heavy (non-hydrogen) atoms. The number of nitrogens with one attached hydrogen (secondary N) is 1. The van der Waals surface area contributed by atoms with Gasteiger partial charge in [-0.15, -0.1) is 13.2 Å². The van der Waals surface area contributed by atoms with Gasteiger partial charge in [0.25, 0.3) is 5.56 Å². The average Bonchev–Trinajstić information content (AvgIpc) is 3.38. The molecule has 0 spiro atoms. The molecule has 0 radical (unpaired) electrons. The van der Waals surface area contributed by atoms with Crippen LogP contribution < -0.4 is 15.6 Å². The van der Waals surface area contributed by atoms with Gasteiger partial charge in [-0.2, -0.15) is 5.10 Å². The first kappa shape index (κ1) is 31.0. The van der Waals surface area contributed by atoms with Crippen LogP contribution in [0, 0.1) is 5.92 Å². The van der Waals surface area contributed by atoms with Crippen molar-refractivity contribution < 1.29 is 22.7 Å². The van der Waals surface area contributed by atoms with Gasteiger partial charge < -0.3 is 10.1 Å². The number of aromatic nitrogens is 5. The minimum atomic E-state index is -4.81. The summed E-state index contributed by atoms with van der Waals surface area (Å²) in [6, 6.07) is 15.1. The van der Waals surface area contributed by atoms with Gasteiger partial charge in [0, 0.05) is 41.4 Å². The predicted octanol–water partition coefficient (Wildman–Crippen LogP) is 7.27. The lowest BCUT2D eigenvalue weighted by Crippen LogP contribution is -2.27. The quantitative estimate of drug-likeness (QED) is 0.220. The van der Waals surface area contributed by atoms with Crippen molar-refractivity contribution >= 4 is 23.2 Å². The van der Waals surface area contributed by atoms with Crippen molar-refractivity contribution in [3.8, 4) is 39.4 Å². The molecule has 9 nitrogen and oxygen atoms in total. The summed E-state index contributed by atoms with van der Waals surface area (Å²) in [6.07, 6.45) is 1.72. The van der Waals surface area contributed by atoms with E-state index in [0.29, 0.717) is 58.1 Å². The van der Waals surface area contributed by atoms with Crippen LogP contribution in [0.2, 0.25) is 5.02 Å². The van der Waals surface area contributed by atoms with Crippen LogP contribution in [0.25, 0.3) is 33.6 Å². The largest absolute Gasteiger partial charge is 0.573 e. The Balaban J connectivity index is 1.39. The van der Waals surface area contributed by atoms with Gasteiger partial charge in [0.15, 0.2) is 0 Å². The fraction of sp³-hybridized carbons (Fsp3) is 0.242. The van der Waals surface area contributed by atoms with Crippen LogP contribution >= 0.6 is 11.6 Å². The molecule has 0 aliphatic carbocycles. The highest BCUT2D eigenvalue weighted by atomic mass is 35.5. The molecule has 4 heterocycles. The molecule has 2 aromatic carbocycles. The molecule has 2 atom stereocenters.